The lowest BCUT2D eigenvalue weighted by molar-refractivity contribution is -0.111. The molecular formula is C12H9Cl2N3O. The molecule has 0 fully saturated rings. The number of aromatic amines is 1. The third-order valence-electron chi connectivity index (χ3n) is 2.14. The Hall–Kier alpha value is -1.78. The number of nitrogens with zero attached hydrogens (tertiary/aromatic N) is 1. The Bertz CT molecular complexity index is 579. The largest absolute Gasteiger partial charge is 0.307 e. The zero-order valence-corrected chi connectivity index (χ0v) is 10.7. The van der Waals surface area contributed by atoms with Gasteiger partial charge in [-0.1, -0.05) is 29.3 Å². The van der Waals surface area contributed by atoms with Gasteiger partial charge in [-0.25, -0.2) is 0 Å². The van der Waals surface area contributed by atoms with E-state index >= 15 is 0 Å². The molecule has 0 aliphatic rings. The number of carbonyl (C=O) groups excluding carboxylic acids is 1. The summed E-state index contributed by atoms with van der Waals surface area (Å²) in [6, 6.07) is 6.72. The van der Waals surface area contributed by atoms with Crippen molar-refractivity contribution in [2.75, 3.05) is 5.32 Å². The molecule has 92 valence electrons. The van der Waals surface area contributed by atoms with Crippen molar-refractivity contribution in [1.82, 2.24) is 10.2 Å². The molecule has 2 rings (SSSR count). The van der Waals surface area contributed by atoms with Crippen molar-refractivity contribution in [3.8, 4) is 0 Å². The number of amides is 1. The molecule has 1 amide bonds. The fourth-order valence-corrected chi connectivity index (χ4v) is 1.77. The third kappa shape index (κ3) is 3.35. The molecule has 2 aromatic rings. The van der Waals surface area contributed by atoms with Gasteiger partial charge in [-0.15, -0.1) is 0 Å². The zero-order chi connectivity index (χ0) is 13.0. The van der Waals surface area contributed by atoms with E-state index in [9.17, 15) is 4.79 Å². The zero-order valence-electron chi connectivity index (χ0n) is 9.15. The van der Waals surface area contributed by atoms with Crippen molar-refractivity contribution in [3.63, 3.8) is 0 Å². The average Bonchev–Trinajstić information content (AvgIpc) is 2.80. The fourth-order valence-electron chi connectivity index (χ4n) is 1.30. The van der Waals surface area contributed by atoms with Crippen LogP contribution in [0.5, 0.6) is 0 Å². The molecule has 0 atom stereocenters. The molecule has 4 nitrogen and oxygen atoms in total. The van der Waals surface area contributed by atoms with E-state index in [-0.39, 0.29) is 5.91 Å². The molecule has 0 radical (unpaired) electrons. The summed E-state index contributed by atoms with van der Waals surface area (Å²) in [5.74, 6) is 0.261. The van der Waals surface area contributed by atoms with Gasteiger partial charge in [-0.05, 0) is 23.8 Å². The van der Waals surface area contributed by atoms with Gasteiger partial charge in [0, 0.05) is 22.2 Å². The highest BCUT2D eigenvalue weighted by molar-refractivity contribution is 6.35. The van der Waals surface area contributed by atoms with Crippen molar-refractivity contribution in [3.05, 3.63) is 52.1 Å². The first-order valence-corrected chi connectivity index (χ1v) is 5.84. The molecule has 0 saturated heterocycles. The molecular weight excluding hydrogens is 273 g/mol. The molecule has 18 heavy (non-hydrogen) atoms. The standard InChI is InChI=1S/C12H9Cl2N3O/c13-9-3-1-8(10(14)7-9)2-4-12(18)16-11-5-6-15-17-11/h1-7H,(H2,15,16,17,18). The van der Waals surface area contributed by atoms with Crippen molar-refractivity contribution in [1.29, 1.82) is 0 Å². The van der Waals surface area contributed by atoms with E-state index in [1.165, 1.54) is 6.08 Å². The number of nitrogens with one attached hydrogen (secondary N) is 2. The van der Waals surface area contributed by atoms with Crippen molar-refractivity contribution >= 4 is 41.0 Å². The Kier molecular flexibility index (Phi) is 4.02. The first-order chi connectivity index (χ1) is 8.65. The highest BCUT2D eigenvalue weighted by Crippen LogP contribution is 2.21. The Morgan fingerprint density at radius 3 is 2.83 bits per heavy atom. The van der Waals surface area contributed by atoms with Gasteiger partial charge in [0.25, 0.3) is 0 Å². The van der Waals surface area contributed by atoms with Gasteiger partial charge >= 0.3 is 0 Å². The van der Waals surface area contributed by atoms with Crippen LogP contribution in [0.15, 0.2) is 36.5 Å². The summed E-state index contributed by atoms with van der Waals surface area (Å²) in [6.45, 7) is 0. The molecule has 2 N–H and O–H groups in total. The summed E-state index contributed by atoms with van der Waals surface area (Å²) >= 11 is 11.7. The minimum Gasteiger partial charge on any atom is -0.307 e. The monoisotopic (exact) mass is 281 g/mol. The molecule has 0 aliphatic carbocycles. The van der Waals surface area contributed by atoms with Crippen LogP contribution in [-0.4, -0.2) is 16.1 Å². The minimum absolute atomic E-state index is 0.273. The topological polar surface area (TPSA) is 57.8 Å². The second-order valence-corrected chi connectivity index (χ2v) is 4.30. The van der Waals surface area contributed by atoms with Crippen LogP contribution in [0.25, 0.3) is 6.08 Å². The average molecular weight is 282 g/mol. The molecule has 0 saturated carbocycles. The lowest BCUT2D eigenvalue weighted by Gasteiger charge is -1.99. The summed E-state index contributed by atoms with van der Waals surface area (Å²) in [6.07, 6.45) is 4.55. The van der Waals surface area contributed by atoms with Gasteiger partial charge in [0.05, 0.1) is 6.20 Å². The normalized spacial score (nSPS) is 10.8. The molecule has 1 heterocycles. The van der Waals surface area contributed by atoms with Crippen LogP contribution < -0.4 is 5.32 Å². The number of halogens is 2. The summed E-state index contributed by atoms with van der Waals surface area (Å²) < 4.78 is 0. The van der Waals surface area contributed by atoms with Crippen LogP contribution in [-0.2, 0) is 4.79 Å². The highest BCUT2D eigenvalue weighted by atomic mass is 35.5. The van der Waals surface area contributed by atoms with Crippen molar-refractivity contribution in [2.24, 2.45) is 0 Å². The molecule has 1 aromatic carbocycles. The molecule has 0 bridgehead atoms. The maximum atomic E-state index is 11.5. The van der Waals surface area contributed by atoms with Crippen LogP contribution in [0.3, 0.4) is 0 Å². The molecule has 0 aliphatic heterocycles. The Labute approximate surface area is 114 Å². The number of aromatic nitrogens is 2. The molecule has 0 spiro atoms. The highest BCUT2D eigenvalue weighted by Gasteiger charge is 2.00. The van der Waals surface area contributed by atoms with Crippen LogP contribution in [0.1, 0.15) is 5.56 Å². The Balaban J connectivity index is 2.04. The first-order valence-electron chi connectivity index (χ1n) is 5.08. The van der Waals surface area contributed by atoms with Gasteiger partial charge in [0.1, 0.15) is 5.82 Å². The number of anilines is 1. The van der Waals surface area contributed by atoms with Crippen molar-refractivity contribution in [2.45, 2.75) is 0 Å². The third-order valence-corrected chi connectivity index (χ3v) is 2.70. The summed E-state index contributed by atoms with van der Waals surface area (Å²) in [7, 11) is 0. The van der Waals surface area contributed by atoms with E-state index in [2.05, 4.69) is 15.5 Å². The molecule has 0 unspecified atom stereocenters. The number of hydrogen-bond acceptors (Lipinski definition) is 2. The maximum absolute atomic E-state index is 11.5. The summed E-state index contributed by atoms with van der Waals surface area (Å²) in [5.41, 5.74) is 0.723. The predicted molar refractivity (Wildman–Crippen MR) is 72.7 cm³/mol. The van der Waals surface area contributed by atoms with Gasteiger partial charge in [0.15, 0.2) is 0 Å². The lowest BCUT2D eigenvalue weighted by atomic mass is 10.2. The van der Waals surface area contributed by atoms with E-state index in [1.54, 1.807) is 36.5 Å². The SMILES string of the molecule is O=C(C=Cc1ccc(Cl)cc1Cl)Nc1ccn[nH]1. The number of carbonyl (C=O) groups is 1. The van der Waals surface area contributed by atoms with Gasteiger partial charge in [0.2, 0.25) is 5.91 Å². The molecule has 1 aromatic heterocycles. The van der Waals surface area contributed by atoms with Gasteiger partial charge in [-0.2, -0.15) is 5.10 Å². The van der Waals surface area contributed by atoms with Crippen LogP contribution in [0.4, 0.5) is 5.82 Å². The van der Waals surface area contributed by atoms with E-state index in [0.717, 1.165) is 5.56 Å². The van der Waals surface area contributed by atoms with Crippen LogP contribution in [0.2, 0.25) is 10.0 Å². The van der Waals surface area contributed by atoms with Crippen LogP contribution in [0, 0.1) is 0 Å². The van der Waals surface area contributed by atoms with E-state index in [1.807, 2.05) is 0 Å². The Morgan fingerprint density at radius 2 is 2.17 bits per heavy atom. The maximum Gasteiger partial charge on any atom is 0.249 e. The quantitative estimate of drug-likeness (QED) is 0.848. The number of benzene rings is 1. The van der Waals surface area contributed by atoms with E-state index in [0.29, 0.717) is 15.9 Å². The van der Waals surface area contributed by atoms with Crippen molar-refractivity contribution < 1.29 is 4.79 Å². The number of hydrogen-bond donors (Lipinski definition) is 2. The minimum atomic E-state index is -0.273. The van der Waals surface area contributed by atoms with Gasteiger partial charge < -0.3 is 5.32 Å². The second kappa shape index (κ2) is 5.71. The Morgan fingerprint density at radius 1 is 1.33 bits per heavy atom. The number of rotatable bonds is 3. The van der Waals surface area contributed by atoms with E-state index < -0.39 is 0 Å². The summed E-state index contributed by atoms with van der Waals surface area (Å²) in [4.78, 5) is 11.5. The fraction of sp³-hybridized carbons (Fsp3) is 0. The first kappa shape index (κ1) is 12.7. The van der Waals surface area contributed by atoms with Gasteiger partial charge in [-0.3, -0.25) is 9.89 Å². The van der Waals surface area contributed by atoms with E-state index in [4.69, 9.17) is 23.2 Å². The second-order valence-electron chi connectivity index (χ2n) is 3.46. The number of H-pyrrole nitrogens is 1. The summed E-state index contributed by atoms with van der Waals surface area (Å²) in [5, 5.41) is 10.0. The smallest absolute Gasteiger partial charge is 0.249 e. The van der Waals surface area contributed by atoms with Crippen LogP contribution >= 0.6 is 23.2 Å². The lowest BCUT2D eigenvalue weighted by Crippen LogP contribution is -2.07. The predicted octanol–water partition coefficient (Wildman–Crippen LogP) is 3.37. The molecule has 6 heteroatoms.